The monoisotopic (exact) mass is 239 g/mol. The van der Waals surface area contributed by atoms with E-state index in [0.717, 1.165) is 19.3 Å². The summed E-state index contributed by atoms with van der Waals surface area (Å²) in [6, 6.07) is 4.74. The predicted octanol–water partition coefficient (Wildman–Crippen LogP) is 2.44. The number of rotatable bonds is 7. The van der Waals surface area contributed by atoms with Gasteiger partial charge in [-0.2, -0.15) is 0 Å². The SMILES string of the molecule is Cc1cc(OCCCCCO)ccc1[N+](=O)[O-]. The summed E-state index contributed by atoms with van der Waals surface area (Å²) in [6.07, 6.45) is 2.57. The molecule has 0 aromatic heterocycles. The quantitative estimate of drug-likeness (QED) is 0.450. The van der Waals surface area contributed by atoms with E-state index in [4.69, 9.17) is 9.84 Å². The summed E-state index contributed by atoms with van der Waals surface area (Å²) in [4.78, 5) is 10.2. The molecule has 0 atom stereocenters. The maximum atomic E-state index is 10.6. The first-order chi connectivity index (χ1) is 8.15. The minimum atomic E-state index is -0.402. The van der Waals surface area contributed by atoms with Crippen molar-refractivity contribution in [1.29, 1.82) is 0 Å². The van der Waals surface area contributed by atoms with Gasteiger partial charge in [0.05, 0.1) is 11.5 Å². The fourth-order valence-electron chi connectivity index (χ4n) is 1.50. The molecule has 0 heterocycles. The van der Waals surface area contributed by atoms with Crippen molar-refractivity contribution in [2.45, 2.75) is 26.2 Å². The molecule has 1 aromatic rings. The molecule has 0 aliphatic heterocycles. The Morgan fingerprint density at radius 2 is 2.12 bits per heavy atom. The highest BCUT2D eigenvalue weighted by Gasteiger charge is 2.10. The number of aryl methyl sites for hydroxylation is 1. The lowest BCUT2D eigenvalue weighted by Crippen LogP contribution is -1.99. The lowest BCUT2D eigenvalue weighted by Gasteiger charge is -2.06. The number of ether oxygens (including phenoxy) is 1. The summed E-state index contributed by atoms with van der Waals surface area (Å²) in [5, 5.41) is 19.2. The highest BCUT2D eigenvalue weighted by molar-refractivity contribution is 5.44. The Labute approximate surface area is 100 Å². The van der Waals surface area contributed by atoms with Gasteiger partial charge in [0, 0.05) is 18.2 Å². The summed E-state index contributed by atoms with van der Waals surface area (Å²) in [6.45, 7) is 2.46. The summed E-state index contributed by atoms with van der Waals surface area (Å²) in [5.41, 5.74) is 0.709. The van der Waals surface area contributed by atoms with E-state index in [1.165, 1.54) is 6.07 Å². The van der Waals surface area contributed by atoms with Crippen molar-refractivity contribution in [3.8, 4) is 5.75 Å². The largest absolute Gasteiger partial charge is 0.494 e. The zero-order chi connectivity index (χ0) is 12.7. The molecule has 94 valence electrons. The minimum Gasteiger partial charge on any atom is -0.494 e. The van der Waals surface area contributed by atoms with E-state index >= 15 is 0 Å². The van der Waals surface area contributed by atoms with E-state index in [-0.39, 0.29) is 12.3 Å². The van der Waals surface area contributed by atoms with Crippen LogP contribution in [0, 0.1) is 17.0 Å². The molecule has 1 aromatic carbocycles. The third kappa shape index (κ3) is 4.40. The Morgan fingerprint density at radius 1 is 1.35 bits per heavy atom. The highest BCUT2D eigenvalue weighted by atomic mass is 16.6. The molecule has 0 amide bonds. The molecule has 5 nitrogen and oxygen atoms in total. The molecule has 0 saturated carbocycles. The van der Waals surface area contributed by atoms with Crippen LogP contribution in [0.3, 0.4) is 0 Å². The maximum absolute atomic E-state index is 10.6. The molecular formula is C12H17NO4. The zero-order valence-electron chi connectivity index (χ0n) is 9.89. The van der Waals surface area contributed by atoms with E-state index < -0.39 is 4.92 Å². The molecule has 0 fully saturated rings. The second-order valence-corrected chi connectivity index (χ2v) is 3.84. The number of hydrogen-bond donors (Lipinski definition) is 1. The van der Waals surface area contributed by atoms with Gasteiger partial charge < -0.3 is 9.84 Å². The van der Waals surface area contributed by atoms with Crippen LogP contribution in [0.5, 0.6) is 5.75 Å². The van der Waals surface area contributed by atoms with Crippen LogP contribution in [-0.2, 0) is 0 Å². The summed E-state index contributed by atoms with van der Waals surface area (Å²) in [7, 11) is 0. The van der Waals surface area contributed by atoms with Crippen LogP contribution in [0.4, 0.5) is 5.69 Å². The first kappa shape index (κ1) is 13.4. The molecule has 0 aliphatic rings. The van der Waals surface area contributed by atoms with Gasteiger partial charge in [0.1, 0.15) is 5.75 Å². The van der Waals surface area contributed by atoms with Crippen LogP contribution in [-0.4, -0.2) is 23.2 Å². The van der Waals surface area contributed by atoms with Crippen LogP contribution >= 0.6 is 0 Å². The van der Waals surface area contributed by atoms with Crippen LogP contribution in [0.2, 0.25) is 0 Å². The van der Waals surface area contributed by atoms with Gasteiger partial charge in [0.25, 0.3) is 5.69 Å². The molecule has 0 saturated heterocycles. The molecule has 0 spiro atoms. The normalized spacial score (nSPS) is 10.2. The summed E-state index contributed by atoms with van der Waals surface area (Å²) < 4.78 is 5.46. The molecule has 1 rings (SSSR count). The fraction of sp³-hybridized carbons (Fsp3) is 0.500. The number of hydrogen-bond acceptors (Lipinski definition) is 4. The molecular weight excluding hydrogens is 222 g/mol. The van der Waals surface area contributed by atoms with Gasteiger partial charge in [-0.3, -0.25) is 10.1 Å². The van der Waals surface area contributed by atoms with Gasteiger partial charge in [0.15, 0.2) is 0 Å². The molecule has 0 radical (unpaired) electrons. The number of aliphatic hydroxyl groups is 1. The first-order valence-corrected chi connectivity index (χ1v) is 5.64. The number of unbranched alkanes of at least 4 members (excludes halogenated alkanes) is 2. The number of nitrogens with zero attached hydrogens (tertiary/aromatic N) is 1. The topological polar surface area (TPSA) is 72.6 Å². The van der Waals surface area contributed by atoms with E-state index in [2.05, 4.69) is 0 Å². The van der Waals surface area contributed by atoms with Crippen LogP contribution in [0.1, 0.15) is 24.8 Å². The lowest BCUT2D eigenvalue weighted by atomic mass is 10.2. The standard InChI is InChI=1S/C12H17NO4/c1-10-9-11(5-6-12(10)13(15)16)17-8-4-2-3-7-14/h5-6,9,14H,2-4,7-8H2,1H3. The van der Waals surface area contributed by atoms with Crippen molar-refractivity contribution in [3.05, 3.63) is 33.9 Å². The van der Waals surface area contributed by atoms with E-state index in [1.807, 2.05) is 0 Å². The Hall–Kier alpha value is -1.62. The van der Waals surface area contributed by atoms with Crippen molar-refractivity contribution in [2.24, 2.45) is 0 Å². The van der Waals surface area contributed by atoms with Crippen molar-refractivity contribution in [1.82, 2.24) is 0 Å². The third-order valence-electron chi connectivity index (χ3n) is 2.44. The van der Waals surface area contributed by atoms with Crippen molar-refractivity contribution < 1.29 is 14.8 Å². The first-order valence-electron chi connectivity index (χ1n) is 5.64. The van der Waals surface area contributed by atoms with Gasteiger partial charge in [-0.1, -0.05) is 0 Å². The number of nitro benzene ring substituents is 1. The van der Waals surface area contributed by atoms with E-state index in [0.29, 0.717) is 17.9 Å². The van der Waals surface area contributed by atoms with Crippen LogP contribution in [0.15, 0.2) is 18.2 Å². The van der Waals surface area contributed by atoms with Gasteiger partial charge in [-0.05, 0) is 38.3 Å². The predicted molar refractivity (Wildman–Crippen MR) is 64.3 cm³/mol. The Kier molecular flexibility index (Phi) is 5.42. The smallest absolute Gasteiger partial charge is 0.272 e. The maximum Gasteiger partial charge on any atom is 0.272 e. The third-order valence-corrected chi connectivity index (χ3v) is 2.44. The Morgan fingerprint density at radius 3 is 2.71 bits per heavy atom. The highest BCUT2D eigenvalue weighted by Crippen LogP contribution is 2.23. The summed E-state index contributed by atoms with van der Waals surface area (Å²) >= 11 is 0. The molecule has 0 unspecified atom stereocenters. The van der Waals surface area contributed by atoms with E-state index in [9.17, 15) is 10.1 Å². The van der Waals surface area contributed by atoms with Gasteiger partial charge in [0.2, 0.25) is 0 Å². The van der Waals surface area contributed by atoms with Gasteiger partial charge in [-0.15, -0.1) is 0 Å². The molecule has 0 bridgehead atoms. The molecule has 0 aliphatic carbocycles. The average Bonchev–Trinajstić information content (AvgIpc) is 2.28. The number of nitro groups is 1. The van der Waals surface area contributed by atoms with Crippen molar-refractivity contribution in [2.75, 3.05) is 13.2 Å². The van der Waals surface area contributed by atoms with Gasteiger partial charge >= 0.3 is 0 Å². The van der Waals surface area contributed by atoms with Crippen molar-refractivity contribution >= 4 is 5.69 Å². The van der Waals surface area contributed by atoms with Crippen molar-refractivity contribution in [3.63, 3.8) is 0 Å². The summed E-state index contributed by atoms with van der Waals surface area (Å²) in [5.74, 6) is 0.650. The fourth-order valence-corrected chi connectivity index (χ4v) is 1.50. The zero-order valence-corrected chi connectivity index (χ0v) is 9.89. The number of benzene rings is 1. The molecule has 17 heavy (non-hydrogen) atoms. The molecule has 1 N–H and O–H groups in total. The van der Waals surface area contributed by atoms with Crippen LogP contribution < -0.4 is 4.74 Å². The van der Waals surface area contributed by atoms with E-state index in [1.54, 1.807) is 19.1 Å². The minimum absolute atomic E-state index is 0.109. The average molecular weight is 239 g/mol. The lowest BCUT2D eigenvalue weighted by molar-refractivity contribution is -0.385. The molecule has 5 heteroatoms. The second-order valence-electron chi connectivity index (χ2n) is 3.84. The number of aliphatic hydroxyl groups excluding tert-OH is 1. The van der Waals surface area contributed by atoms with Gasteiger partial charge in [-0.25, -0.2) is 0 Å². The Balaban J connectivity index is 2.45. The second kappa shape index (κ2) is 6.85. The Bertz CT molecular complexity index is 379. The van der Waals surface area contributed by atoms with Crippen LogP contribution in [0.25, 0.3) is 0 Å².